The van der Waals surface area contributed by atoms with Gasteiger partial charge in [-0.25, -0.2) is 4.39 Å². The zero-order valence-electron chi connectivity index (χ0n) is 14.0. The lowest BCUT2D eigenvalue weighted by Gasteiger charge is -2.34. The van der Waals surface area contributed by atoms with E-state index in [9.17, 15) is 9.18 Å². The van der Waals surface area contributed by atoms with Crippen LogP contribution in [0.2, 0.25) is 0 Å². The second-order valence-electron chi connectivity index (χ2n) is 6.44. The molecule has 2 fully saturated rings. The number of piperazine rings is 1. The van der Waals surface area contributed by atoms with E-state index in [2.05, 4.69) is 4.90 Å². The third-order valence-corrected chi connectivity index (χ3v) is 4.57. The molecule has 0 saturated carbocycles. The first kappa shape index (κ1) is 17.3. The highest BCUT2D eigenvalue weighted by Gasteiger charge is 2.22. The Kier molecular flexibility index (Phi) is 6.18. The molecule has 2 saturated heterocycles. The fourth-order valence-electron chi connectivity index (χ4n) is 3.19. The Morgan fingerprint density at radius 3 is 2.83 bits per heavy atom. The van der Waals surface area contributed by atoms with E-state index in [-0.39, 0.29) is 24.4 Å². The second-order valence-corrected chi connectivity index (χ2v) is 6.44. The van der Waals surface area contributed by atoms with Gasteiger partial charge < -0.3 is 14.4 Å². The van der Waals surface area contributed by atoms with Gasteiger partial charge in [0.05, 0.1) is 12.7 Å². The molecule has 5 nitrogen and oxygen atoms in total. The predicted molar refractivity (Wildman–Crippen MR) is 88.1 cm³/mol. The normalized spacial score (nSPS) is 22.0. The molecule has 0 spiro atoms. The number of rotatable bonds is 6. The van der Waals surface area contributed by atoms with Crippen molar-refractivity contribution >= 4 is 5.91 Å². The highest BCUT2D eigenvalue weighted by molar-refractivity contribution is 5.77. The topological polar surface area (TPSA) is 42.0 Å². The van der Waals surface area contributed by atoms with Crippen molar-refractivity contribution in [3.63, 3.8) is 0 Å². The van der Waals surface area contributed by atoms with E-state index in [0.29, 0.717) is 19.7 Å². The van der Waals surface area contributed by atoms with Gasteiger partial charge in [0.1, 0.15) is 12.4 Å². The fraction of sp³-hybridized carbons (Fsp3) is 0.611. The van der Waals surface area contributed by atoms with E-state index in [0.717, 1.165) is 44.6 Å². The van der Waals surface area contributed by atoms with E-state index in [1.165, 1.54) is 6.07 Å². The molecule has 1 aromatic carbocycles. The molecule has 0 radical (unpaired) electrons. The number of carbonyl (C=O) groups is 1. The van der Waals surface area contributed by atoms with Crippen LogP contribution in [0, 0.1) is 5.82 Å². The summed E-state index contributed by atoms with van der Waals surface area (Å²) in [6, 6.07) is 6.68. The number of hydrogen-bond acceptors (Lipinski definition) is 4. The van der Waals surface area contributed by atoms with Crippen LogP contribution in [0.25, 0.3) is 0 Å². The number of nitrogens with zero attached hydrogens (tertiary/aromatic N) is 2. The third-order valence-electron chi connectivity index (χ3n) is 4.57. The summed E-state index contributed by atoms with van der Waals surface area (Å²) in [4.78, 5) is 16.3. The predicted octanol–water partition coefficient (Wildman–Crippen LogP) is 1.67. The molecule has 1 amide bonds. The van der Waals surface area contributed by atoms with Crippen molar-refractivity contribution in [2.24, 2.45) is 0 Å². The van der Waals surface area contributed by atoms with Gasteiger partial charge in [0.25, 0.3) is 0 Å². The zero-order chi connectivity index (χ0) is 16.8. The Hall–Kier alpha value is -1.50. The summed E-state index contributed by atoms with van der Waals surface area (Å²) in [6.07, 6.45) is 2.25. The third kappa shape index (κ3) is 5.00. The second kappa shape index (κ2) is 8.55. The summed E-state index contributed by atoms with van der Waals surface area (Å²) in [7, 11) is 0. The summed E-state index contributed by atoms with van der Waals surface area (Å²) in [5.41, 5.74) is 0.967. The molecule has 3 rings (SSSR count). The quantitative estimate of drug-likeness (QED) is 0.792. The van der Waals surface area contributed by atoms with Gasteiger partial charge in [-0.3, -0.25) is 9.69 Å². The molecule has 1 atom stereocenters. The molecule has 0 unspecified atom stereocenters. The van der Waals surface area contributed by atoms with Gasteiger partial charge in [0.15, 0.2) is 0 Å². The molecule has 6 heteroatoms. The summed E-state index contributed by atoms with van der Waals surface area (Å²) < 4.78 is 24.2. The minimum atomic E-state index is -0.204. The average Bonchev–Trinajstić information content (AvgIpc) is 3.09. The molecule has 0 N–H and O–H groups in total. The highest BCUT2D eigenvalue weighted by Crippen LogP contribution is 2.13. The van der Waals surface area contributed by atoms with Crippen LogP contribution in [0.3, 0.4) is 0 Å². The lowest BCUT2D eigenvalue weighted by Crippen LogP contribution is -2.49. The molecule has 0 bridgehead atoms. The van der Waals surface area contributed by atoms with E-state index in [4.69, 9.17) is 9.47 Å². The van der Waals surface area contributed by atoms with Crippen LogP contribution in [-0.4, -0.2) is 67.8 Å². The molecule has 2 aliphatic heterocycles. The smallest absolute Gasteiger partial charge is 0.248 e. The van der Waals surface area contributed by atoms with Crippen LogP contribution in [-0.2, 0) is 20.8 Å². The molecule has 2 aliphatic rings. The Morgan fingerprint density at radius 2 is 2.12 bits per heavy atom. The minimum absolute atomic E-state index is 0.0402. The molecular weight excluding hydrogens is 311 g/mol. The van der Waals surface area contributed by atoms with E-state index < -0.39 is 0 Å². The number of ether oxygens (including phenoxy) is 2. The summed E-state index contributed by atoms with van der Waals surface area (Å²) >= 11 is 0. The fourth-order valence-corrected chi connectivity index (χ4v) is 3.19. The maximum absolute atomic E-state index is 13.2. The highest BCUT2D eigenvalue weighted by atomic mass is 19.1. The summed E-state index contributed by atoms with van der Waals surface area (Å²) in [6.45, 7) is 5.14. The SMILES string of the molecule is O=C(COC[C@@H]1CCCO1)N1CCN(Cc2cccc(F)c2)CC1. The van der Waals surface area contributed by atoms with Gasteiger partial charge in [-0.05, 0) is 30.5 Å². The number of benzene rings is 1. The zero-order valence-corrected chi connectivity index (χ0v) is 14.0. The Morgan fingerprint density at radius 1 is 1.29 bits per heavy atom. The van der Waals surface area contributed by atoms with Crippen molar-refractivity contribution in [3.8, 4) is 0 Å². The van der Waals surface area contributed by atoms with Gasteiger partial charge in [0.2, 0.25) is 5.91 Å². The number of halogens is 1. The maximum atomic E-state index is 13.2. The van der Waals surface area contributed by atoms with Crippen LogP contribution in [0.5, 0.6) is 0 Å². The number of carbonyl (C=O) groups excluding carboxylic acids is 1. The van der Waals surface area contributed by atoms with Gasteiger partial charge in [0, 0.05) is 39.3 Å². The van der Waals surface area contributed by atoms with Crippen molar-refractivity contribution in [3.05, 3.63) is 35.6 Å². The Labute approximate surface area is 142 Å². The van der Waals surface area contributed by atoms with E-state index >= 15 is 0 Å². The molecule has 24 heavy (non-hydrogen) atoms. The summed E-state index contributed by atoms with van der Waals surface area (Å²) in [5.74, 6) is -0.164. The molecule has 0 aliphatic carbocycles. The Balaban J connectivity index is 1.35. The molecule has 0 aromatic heterocycles. The van der Waals surface area contributed by atoms with E-state index in [1.807, 2.05) is 11.0 Å². The number of amides is 1. The van der Waals surface area contributed by atoms with Gasteiger partial charge >= 0.3 is 0 Å². The minimum Gasteiger partial charge on any atom is -0.376 e. The van der Waals surface area contributed by atoms with Gasteiger partial charge in [-0.15, -0.1) is 0 Å². The largest absolute Gasteiger partial charge is 0.376 e. The molecular formula is C18H25FN2O3. The Bertz CT molecular complexity index is 541. The average molecular weight is 336 g/mol. The first-order valence-electron chi connectivity index (χ1n) is 8.64. The van der Waals surface area contributed by atoms with Crippen LogP contribution >= 0.6 is 0 Å². The van der Waals surface area contributed by atoms with Crippen molar-refractivity contribution in [1.82, 2.24) is 9.80 Å². The lowest BCUT2D eigenvalue weighted by atomic mass is 10.2. The van der Waals surface area contributed by atoms with Crippen molar-refractivity contribution < 1.29 is 18.7 Å². The molecule has 2 heterocycles. The summed E-state index contributed by atoms with van der Waals surface area (Å²) in [5, 5.41) is 0. The molecule has 132 valence electrons. The van der Waals surface area contributed by atoms with Crippen LogP contribution in [0.15, 0.2) is 24.3 Å². The molecule has 1 aromatic rings. The van der Waals surface area contributed by atoms with Crippen molar-refractivity contribution in [2.75, 3.05) is 46.0 Å². The monoisotopic (exact) mass is 336 g/mol. The number of hydrogen-bond donors (Lipinski definition) is 0. The van der Waals surface area contributed by atoms with Gasteiger partial charge in [-0.2, -0.15) is 0 Å². The van der Waals surface area contributed by atoms with Crippen molar-refractivity contribution in [2.45, 2.75) is 25.5 Å². The van der Waals surface area contributed by atoms with Crippen molar-refractivity contribution in [1.29, 1.82) is 0 Å². The van der Waals surface area contributed by atoms with Crippen LogP contribution < -0.4 is 0 Å². The van der Waals surface area contributed by atoms with Crippen LogP contribution in [0.1, 0.15) is 18.4 Å². The van der Waals surface area contributed by atoms with Crippen LogP contribution in [0.4, 0.5) is 4.39 Å². The first-order chi connectivity index (χ1) is 11.7. The van der Waals surface area contributed by atoms with Gasteiger partial charge in [-0.1, -0.05) is 12.1 Å². The standard InChI is InChI=1S/C18H25FN2O3/c19-16-4-1-3-15(11-16)12-20-6-8-21(9-7-20)18(22)14-23-13-17-5-2-10-24-17/h1,3-4,11,17H,2,5-10,12-14H2/t17-/m0/s1. The lowest BCUT2D eigenvalue weighted by molar-refractivity contribution is -0.139. The first-order valence-corrected chi connectivity index (χ1v) is 8.64. The van der Waals surface area contributed by atoms with E-state index in [1.54, 1.807) is 12.1 Å². The maximum Gasteiger partial charge on any atom is 0.248 e.